The van der Waals surface area contributed by atoms with Crippen LogP contribution in [0.25, 0.3) is 4.96 Å². The molecule has 0 spiro atoms. The molecule has 0 radical (unpaired) electrons. The number of nitrogens with zero attached hydrogens (tertiary/aromatic N) is 4. The van der Waals surface area contributed by atoms with Crippen LogP contribution in [0.2, 0.25) is 0 Å². The highest BCUT2D eigenvalue weighted by Crippen LogP contribution is 2.41. The second-order valence-electron chi connectivity index (χ2n) is 6.55. The molecule has 1 saturated carbocycles. The molecule has 3 aromatic heterocycles. The van der Waals surface area contributed by atoms with Gasteiger partial charge in [0, 0.05) is 49.4 Å². The molecule has 0 saturated heterocycles. The number of thiazole rings is 1. The van der Waals surface area contributed by atoms with Gasteiger partial charge in [-0.2, -0.15) is 5.10 Å². The summed E-state index contributed by atoms with van der Waals surface area (Å²) in [4.78, 5) is 5.83. The van der Waals surface area contributed by atoms with E-state index in [0.717, 1.165) is 10.5 Å². The third-order valence-corrected chi connectivity index (χ3v) is 5.20. The summed E-state index contributed by atoms with van der Waals surface area (Å²) in [7, 11) is 1.86. The SMILES string of the molecule is Cn1cc(C(C)(O)CNCc2c(C3CC3)nc3sccn23)cn1. The van der Waals surface area contributed by atoms with E-state index in [2.05, 4.69) is 26.4 Å². The standard InChI is InChI=1S/C16H21N5OS/c1-16(22,12-7-18-20(2)9-12)10-17-8-13-14(11-3-4-11)19-15-21(13)5-6-23-15/h5-7,9,11,17,22H,3-4,8,10H2,1-2H3. The maximum Gasteiger partial charge on any atom is 0.194 e. The van der Waals surface area contributed by atoms with Crippen molar-refractivity contribution >= 4 is 16.3 Å². The normalized spacial score (nSPS) is 17.7. The highest BCUT2D eigenvalue weighted by molar-refractivity contribution is 7.15. The van der Waals surface area contributed by atoms with E-state index >= 15 is 0 Å². The Morgan fingerprint density at radius 3 is 3.00 bits per heavy atom. The lowest BCUT2D eigenvalue weighted by atomic mass is 10.00. The Kier molecular flexibility index (Phi) is 3.51. The predicted molar refractivity (Wildman–Crippen MR) is 89.5 cm³/mol. The molecule has 2 N–H and O–H groups in total. The number of hydrogen-bond donors (Lipinski definition) is 2. The molecule has 4 rings (SSSR count). The fourth-order valence-electron chi connectivity index (χ4n) is 2.93. The third kappa shape index (κ3) is 2.80. The Morgan fingerprint density at radius 2 is 2.30 bits per heavy atom. The zero-order chi connectivity index (χ0) is 16.0. The molecule has 1 atom stereocenters. The summed E-state index contributed by atoms with van der Waals surface area (Å²) in [5.74, 6) is 0.623. The van der Waals surface area contributed by atoms with Gasteiger partial charge in [0.25, 0.3) is 0 Å². The number of aromatic nitrogens is 4. The van der Waals surface area contributed by atoms with Gasteiger partial charge in [0.15, 0.2) is 4.96 Å². The summed E-state index contributed by atoms with van der Waals surface area (Å²) in [6.07, 6.45) is 8.13. The number of aryl methyl sites for hydroxylation is 1. The smallest absolute Gasteiger partial charge is 0.194 e. The first-order valence-electron chi connectivity index (χ1n) is 7.91. The first-order chi connectivity index (χ1) is 11.0. The quantitative estimate of drug-likeness (QED) is 0.725. The predicted octanol–water partition coefficient (Wildman–Crippen LogP) is 2.00. The summed E-state index contributed by atoms with van der Waals surface area (Å²) in [5.41, 5.74) is 2.34. The maximum atomic E-state index is 10.7. The highest BCUT2D eigenvalue weighted by atomic mass is 32.1. The lowest BCUT2D eigenvalue weighted by Gasteiger charge is -2.22. The monoisotopic (exact) mass is 331 g/mol. The molecule has 1 unspecified atom stereocenters. The average molecular weight is 331 g/mol. The van der Waals surface area contributed by atoms with E-state index in [-0.39, 0.29) is 0 Å². The van der Waals surface area contributed by atoms with E-state index < -0.39 is 5.60 Å². The van der Waals surface area contributed by atoms with E-state index in [1.165, 1.54) is 24.2 Å². The second-order valence-corrected chi connectivity index (χ2v) is 7.43. The van der Waals surface area contributed by atoms with Gasteiger partial charge in [0.05, 0.1) is 17.6 Å². The first-order valence-corrected chi connectivity index (χ1v) is 8.79. The fraction of sp³-hybridized carbons (Fsp3) is 0.500. The average Bonchev–Trinajstić information content (AvgIpc) is 2.93. The number of imidazole rings is 1. The van der Waals surface area contributed by atoms with Crippen LogP contribution in [-0.4, -0.2) is 30.8 Å². The first kappa shape index (κ1) is 14.9. The minimum absolute atomic E-state index is 0.472. The van der Waals surface area contributed by atoms with Crippen LogP contribution in [0.5, 0.6) is 0 Å². The number of nitrogens with one attached hydrogen (secondary N) is 1. The van der Waals surface area contributed by atoms with Crippen LogP contribution in [0.3, 0.4) is 0 Å². The molecule has 0 aliphatic heterocycles. The van der Waals surface area contributed by atoms with Crippen LogP contribution in [0.15, 0.2) is 24.0 Å². The summed E-state index contributed by atoms with van der Waals surface area (Å²) < 4.78 is 3.88. The van der Waals surface area contributed by atoms with Gasteiger partial charge in [-0.3, -0.25) is 9.08 Å². The summed E-state index contributed by atoms with van der Waals surface area (Å²) in [6, 6.07) is 0. The van der Waals surface area contributed by atoms with E-state index in [1.54, 1.807) is 22.2 Å². The molecule has 3 aromatic rings. The van der Waals surface area contributed by atoms with Crippen molar-refractivity contribution in [2.75, 3.05) is 6.54 Å². The van der Waals surface area contributed by atoms with Crippen LogP contribution in [0, 0.1) is 0 Å². The van der Waals surface area contributed by atoms with Crippen molar-refractivity contribution in [2.24, 2.45) is 7.05 Å². The largest absolute Gasteiger partial charge is 0.384 e. The Balaban J connectivity index is 1.49. The Morgan fingerprint density at radius 1 is 1.48 bits per heavy atom. The number of fused-ring (bicyclic) bond motifs is 1. The third-order valence-electron chi connectivity index (χ3n) is 4.44. The summed E-state index contributed by atoms with van der Waals surface area (Å²) in [5, 5.41) is 20.3. The van der Waals surface area contributed by atoms with E-state index in [9.17, 15) is 5.11 Å². The Labute approximate surface area is 138 Å². The van der Waals surface area contributed by atoms with Crippen LogP contribution >= 0.6 is 11.3 Å². The molecule has 0 aromatic carbocycles. The number of rotatable bonds is 6. The molecular formula is C16H21N5OS. The molecular weight excluding hydrogens is 310 g/mol. The molecule has 0 amide bonds. The Hall–Kier alpha value is -1.70. The zero-order valence-electron chi connectivity index (χ0n) is 13.4. The van der Waals surface area contributed by atoms with Crippen molar-refractivity contribution in [3.63, 3.8) is 0 Å². The molecule has 1 fully saturated rings. The molecule has 6 nitrogen and oxygen atoms in total. The minimum atomic E-state index is -0.938. The van der Waals surface area contributed by atoms with Gasteiger partial charge >= 0.3 is 0 Å². The highest BCUT2D eigenvalue weighted by Gasteiger charge is 2.30. The number of aliphatic hydroxyl groups is 1. The molecule has 3 heterocycles. The van der Waals surface area contributed by atoms with Crippen molar-refractivity contribution in [3.8, 4) is 0 Å². The zero-order valence-corrected chi connectivity index (χ0v) is 14.2. The second kappa shape index (κ2) is 5.43. The summed E-state index contributed by atoms with van der Waals surface area (Å²) in [6.45, 7) is 3.00. The van der Waals surface area contributed by atoms with Gasteiger partial charge in [-0.15, -0.1) is 11.3 Å². The molecule has 122 valence electrons. The maximum absolute atomic E-state index is 10.7. The van der Waals surface area contributed by atoms with E-state index in [0.29, 0.717) is 19.0 Å². The van der Waals surface area contributed by atoms with Crippen LogP contribution in [-0.2, 0) is 19.2 Å². The molecule has 7 heteroatoms. The van der Waals surface area contributed by atoms with Crippen molar-refractivity contribution in [3.05, 3.63) is 40.9 Å². The van der Waals surface area contributed by atoms with Crippen molar-refractivity contribution < 1.29 is 5.11 Å². The van der Waals surface area contributed by atoms with Gasteiger partial charge in [-0.05, 0) is 19.8 Å². The van der Waals surface area contributed by atoms with Crippen LogP contribution in [0.1, 0.15) is 42.6 Å². The van der Waals surface area contributed by atoms with E-state index in [1.807, 2.05) is 20.2 Å². The van der Waals surface area contributed by atoms with Crippen molar-refractivity contribution in [1.82, 2.24) is 24.5 Å². The topological polar surface area (TPSA) is 67.4 Å². The molecule has 0 bridgehead atoms. The van der Waals surface area contributed by atoms with Gasteiger partial charge in [-0.25, -0.2) is 4.98 Å². The van der Waals surface area contributed by atoms with Crippen molar-refractivity contribution in [2.45, 2.75) is 37.8 Å². The number of hydrogen-bond acceptors (Lipinski definition) is 5. The molecule has 1 aliphatic rings. The van der Waals surface area contributed by atoms with Crippen molar-refractivity contribution in [1.29, 1.82) is 0 Å². The van der Waals surface area contributed by atoms with Crippen LogP contribution < -0.4 is 5.32 Å². The lowest BCUT2D eigenvalue weighted by Crippen LogP contribution is -2.35. The fourth-order valence-corrected chi connectivity index (χ4v) is 3.67. The minimum Gasteiger partial charge on any atom is -0.384 e. The van der Waals surface area contributed by atoms with Gasteiger partial charge < -0.3 is 10.4 Å². The van der Waals surface area contributed by atoms with Gasteiger partial charge in [0.1, 0.15) is 5.60 Å². The van der Waals surface area contributed by atoms with Gasteiger partial charge in [-0.1, -0.05) is 0 Å². The Bertz CT molecular complexity index is 827. The van der Waals surface area contributed by atoms with E-state index in [4.69, 9.17) is 4.98 Å². The van der Waals surface area contributed by atoms with Crippen LogP contribution in [0.4, 0.5) is 0 Å². The molecule has 1 aliphatic carbocycles. The molecule has 23 heavy (non-hydrogen) atoms. The summed E-state index contributed by atoms with van der Waals surface area (Å²) >= 11 is 1.67. The lowest BCUT2D eigenvalue weighted by molar-refractivity contribution is 0.0565. The van der Waals surface area contributed by atoms with Gasteiger partial charge in [0.2, 0.25) is 0 Å².